The predicted molar refractivity (Wildman–Crippen MR) is 91.8 cm³/mol. The van der Waals surface area contributed by atoms with E-state index in [1.165, 1.54) is 23.8 Å². The fourth-order valence-corrected chi connectivity index (χ4v) is 2.69. The number of imidazole rings is 1. The highest BCUT2D eigenvalue weighted by atomic mass is 16.2. The van der Waals surface area contributed by atoms with Gasteiger partial charge in [-0.05, 0) is 6.42 Å². The van der Waals surface area contributed by atoms with Gasteiger partial charge in [0.05, 0.1) is 0 Å². The van der Waals surface area contributed by atoms with Crippen molar-refractivity contribution in [3.8, 4) is 0 Å². The summed E-state index contributed by atoms with van der Waals surface area (Å²) in [7, 11) is 1.54. The Kier molecular flexibility index (Phi) is 6.16. The first-order valence-corrected chi connectivity index (χ1v) is 8.24. The number of rotatable bonds is 10. The number of anilines is 1. The first kappa shape index (κ1) is 17.8. The van der Waals surface area contributed by atoms with Crippen molar-refractivity contribution in [2.45, 2.75) is 52.0 Å². The van der Waals surface area contributed by atoms with Crippen LogP contribution in [0.3, 0.4) is 0 Å². The number of nitrogens with one attached hydrogen (secondary N) is 3. The molecule has 0 aliphatic heterocycles. The number of H-pyrrole nitrogens is 1. The minimum atomic E-state index is -0.522. The zero-order chi connectivity index (χ0) is 17.5. The van der Waals surface area contributed by atoms with E-state index >= 15 is 0 Å². The van der Waals surface area contributed by atoms with Crippen LogP contribution in [0.15, 0.2) is 9.59 Å². The molecule has 0 unspecified atom stereocenters. The van der Waals surface area contributed by atoms with Gasteiger partial charge in [-0.1, -0.05) is 39.0 Å². The summed E-state index contributed by atoms with van der Waals surface area (Å²) in [4.78, 5) is 41.0. The van der Waals surface area contributed by atoms with Crippen molar-refractivity contribution in [3.63, 3.8) is 0 Å². The number of carbonyl (C=O) groups is 1. The lowest BCUT2D eigenvalue weighted by Gasteiger charge is -2.09. The molecule has 2 aromatic rings. The third kappa shape index (κ3) is 3.84. The number of aromatic amines is 1. The second kappa shape index (κ2) is 8.32. The van der Waals surface area contributed by atoms with Gasteiger partial charge in [0.1, 0.15) is 0 Å². The number of aryl methyl sites for hydroxylation is 2. The van der Waals surface area contributed by atoms with Gasteiger partial charge in [0.2, 0.25) is 12.4 Å². The summed E-state index contributed by atoms with van der Waals surface area (Å²) in [5, 5.41) is 0. The predicted octanol–water partition coefficient (Wildman–Crippen LogP) is 0.857. The molecule has 0 aliphatic carbocycles. The Morgan fingerprint density at radius 1 is 1.17 bits per heavy atom. The van der Waals surface area contributed by atoms with E-state index in [4.69, 9.17) is 0 Å². The Balaban J connectivity index is 2.27. The summed E-state index contributed by atoms with van der Waals surface area (Å²) in [5.74, 6) is 0.331. The van der Waals surface area contributed by atoms with Crippen LogP contribution in [0.5, 0.6) is 0 Å². The monoisotopic (exact) mass is 336 g/mol. The smallest absolute Gasteiger partial charge is 0.303 e. The molecule has 24 heavy (non-hydrogen) atoms. The number of hydrogen-bond donors (Lipinski definition) is 3. The molecule has 0 saturated heterocycles. The summed E-state index contributed by atoms with van der Waals surface area (Å²) >= 11 is 0. The lowest BCUT2D eigenvalue weighted by molar-refractivity contribution is -0.109. The minimum absolute atomic E-state index is 0.282. The van der Waals surface area contributed by atoms with Gasteiger partial charge in [0.25, 0.3) is 5.56 Å². The summed E-state index contributed by atoms with van der Waals surface area (Å²) in [6, 6.07) is 0. The molecule has 9 heteroatoms. The van der Waals surface area contributed by atoms with E-state index in [0.717, 1.165) is 19.3 Å². The Bertz CT molecular complexity index is 804. The molecule has 2 aromatic heterocycles. The zero-order valence-corrected chi connectivity index (χ0v) is 14.1. The van der Waals surface area contributed by atoms with Crippen LogP contribution in [-0.4, -0.2) is 25.5 Å². The SMILES string of the molecule is CCCCCCCCn1c(NNC=O)nc2c1c(=O)[nH]c(=O)n2C. The lowest BCUT2D eigenvalue weighted by atomic mass is 10.1. The van der Waals surface area contributed by atoms with Crippen LogP contribution in [0.25, 0.3) is 11.2 Å². The average Bonchev–Trinajstić information content (AvgIpc) is 2.93. The summed E-state index contributed by atoms with van der Waals surface area (Å²) in [6.07, 6.45) is 7.18. The molecule has 9 nitrogen and oxygen atoms in total. The van der Waals surface area contributed by atoms with Crippen LogP contribution in [0, 0.1) is 0 Å². The summed E-state index contributed by atoms with van der Waals surface area (Å²) < 4.78 is 2.98. The average molecular weight is 336 g/mol. The van der Waals surface area contributed by atoms with Crippen molar-refractivity contribution in [1.29, 1.82) is 0 Å². The fraction of sp³-hybridized carbons (Fsp3) is 0.600. The van der Waals surface area contributed by atoms with E-state index in [-0.39, 0.29) is 5.65 Å². The number of amides is 1. The Hall–Kier alpha value is -2.58. The first-order chi connectivity index (χ1) is 11.6. The highest BCUT2D eigenvalue weighted by Gasteiger charge is 2.16. The summed E-state index contributed by atoms with van der Waals surface area (Å²) in [5.41, 5.74) is 4.58. The number of carbonyl (C=O) groups excluding carboxylic acids is 1. The van der Waals surface area contributed by atoms with Crippen LogP contribution in [0.4, 0.5) is 5.95 Å². The second-order valence-electron chi connectivity index (χ2n) is 5.73. The van der Waals surface area contributed by atoms with Crippen LogP contribution in [-0.2, 0) is 18.4 Å². The molecule has 0 saturated carbocycles. The molecule has 0 radical (unpaired) electrons. The maximum atomic E-state index is 12.2. The van der Waals surface area contributed by atoms with Gasteiger partial charge in [-0.25, -0.2) is 4.79 Å². The maximum absolute atomic E-state index is 12.2. The van der Waals surface area contributed by atoms with Gasteiger partial charge in [-0.2, -0.15) is 4.98 Å². The number of fused-ring (bicyclic) bond motifs is 1. The van der Waals surface area contributed by atoms with Gasteiger partial charge in [-0.15, -0.1) is 0 Å². The number of hydrogen-bond acceptors (Lipinski definition) is 5. The number of unbranched alkanes of at least 4 members (excludes halogenated alkanes) is 5. The largest absolute Gasteiger partial charge is 0.329 e. The molecule has 3 N–H and O–H groups in total. The lowest BCUT2D eigenvalue weighted by Crippen LogP contribution is -2.29. The van der Waals surface area contributed by atoms with Gasteiger partial charge < -0.3 is 4.57 Å². The molecule has 0 fully saturated rings. The Morgan fingerprint density at radius 3 is 2.58 bits per heavy atom. The molecule has 0 aliphatic rings. The standard InChI is InChI=1S/C15H24N6O3/c1-3-4-5-6-7-8-9-21-11-12(17-14(21)19-16-10-22)20(2)15(24)18-13(11)23/h10H,3-9H2,1-2H3,(H,16,22)(H,17,19)(H,18,23,24). The van der Waals surface area contributed by atoms with E-state index in [2.05, 4.69) is 27.7 Å². The van der Waals surface area contributed by atoms with E-state index in [9.17, 15) is 14.4 Å². The molecule has 0 aromatic carbocycles. The number of aromatic nitrogens is 4. The van der Waals surface area contributed by atoms with Crippen LogP contribution >= 0.6 is 0 Å². The molecule has 0 atom stereocenters. The van der Waals surface area contributed by atoms with Crippen LogP contribution in [0.1, 0.15) is 45.4 Å². The number of nitrogens with zero attached hydrogens (tertiary/aromatic N) is 3. The topological polar surface area (TPSA) is 114 Å². The zero-order valence-electron chi connectivity index (χ0n) is 14.1. The van der Waals surface area contributed by atoms with Gasteiger partial charge in [0.15, 0.2) is 11.2 Å². The third-order valence-electron chi connectivity index (χ3n) is 3.99. The third-order valence-corrected chi connectivity index (χ3v) is 3.99. The van der Waals surface area contributed by atoms with Crippen molar-refractivity contribution in [2.75, 3.05) is 5.43 Å². The Labute approximate surface area is 139 Å². The van der Waals surface area contributed by atoms with Crippen LogP contribution in [0.2, 0.25) is 0 Å². The molecule has 0 spiro atoms. The molecule has 132 valence electrons. The normalized spacial score (nSPS) is 10.9. The van der Waals surface area contributed by atoms with Gasteiger partial charge >= 0.3 is 5.69 Å². The van der Waals surface area contributed by atoms with Crippen LogP contribution < -0.4 is 22.1 Å². The highest BCUT2D eigenvalue weighted by Crippen LogP contribution is 2.16. The quantitative estimate of drug-likeness (QED) is 0.338. The highest BCUT2D eigenvalue weighted by molar-refractivity contribution is 5.74. The van der Waals surface area contributed by atoms with Crippen molar-refractivity contribution < 1.29 is 4.79 Å². The van der Waals surface area contributed by atoms with E-state index < -0.39 is 11.2 Å². The molecular formula is C15H24N6O3. The number of hydrazine groups is 1. The summed E-state index contributed by atoms with van der Waals surface area (Å²) in [6.45, 7) is 2.75. The molecular weight excluding hydrogens is 312 g/mol. The minimum Gasteiger partial charge on any atom is -0.303 e. The maximum Gasteiger partial charge on any atom is 0.329 e. The van der Waals surface area contributed by atoms with Crippen molar-refractivity contribution >= 4 is 23.5 Å². The molecule has 1 amide bonds. The molecule has 2 rings (SSSR count). The van der Waals surface area contributed by atoms with E-state index in [1.54, 1.807) is 11.6 Å². The Morgan fingerprint density at radius 2 is 1.88 bits per heavy atom. The van der Waals surface area contributed by atoms with Gasteiger partial charge in [0, 0.05) is 13.6 Å². The van der Waals surface area contributed by atoms with Crippen molar-refractivity contribution in [2.24, 2.45) is 7.05 Å². The first-order valence-electron chi connectivity index (χ1n) is 8.24. The fourth-order valence-electron chi connectivity index (χ4n) is 2.69. The van der Waals surface area contributed by atoms with Crippen molar-refractivity contribution in [3.05, 3.63) is 20.8 Å². The van der Waals surface area contributed by atoms with Crippen molar-refractivity contribution in [1.82, 2.24) is 24.5 Å². The molecule has 2 heterocycles. The second-order valence-corrected chi connectivity index (χ2v) is 5.73. The van der Waals surface area contributed by atoms with Gasteiger partial charge in [-0.3, -0.25) is 30.0 Å². The molecule has 0 bridgehead atoms. The van der Waals surface area contributed by atoms with E-state index in [0.29, 0.717) is 24.4 Å². The van der Waals surface area contributed by atoms with E-state index in [1.807, 2.05) is 0 Å².